The molecule has 2 unspecified atom stereocenters. The summed E-state index contributed by atoms with van der Waals surface area (Å²) < 4.78 is 0. The number of benzene rings is 1. The molecule has 0 saturated heterocycles. The van der Waals surface area contributed by atoms with Crippen LogP contribution in [0.1, 0.15) is 50.8 Å². The summed E-state index contributed by atoms with van der Waals surface area (Å²) in [5.41, 5.74) is 1.94. The predicted octanol–water partition coefficient (Wildman–Crippen LogP) is 2.64. The smallest absolute Gasteiger partial charge is 0.223 e. The maximum Gasteiger partial charge on any atom is 0.223 e. The lowest BCUT2D eigenvalue weighted by molar-refractivity contribution is -0.125. The van der Waals surface area contributed by atoms with Crippen LogP contribution in [-0.2, 0) is 4.79 Å². The number of carbonyl (C=O) groups excluding carboxylic acids is 1. The number of hydrogen-bond acceptors (Lipinski definition) is 2. The van der Waals surface area contributed by atoms with Crippen LogP contribution in [0.3, 0.4) is 0 Å². The van der Waals surface area contributed by atoms with Gasteiger partial charge in [0.05, 0.1) is 12.6 Å². The Bertz CT molecular complexity index is 499. The molecule has 0 aliphatic rings. The topological polar surface area (TPSA) is 49.3 Å². The molecule has 1 aromatic rings. The molecule has 0 bridgehead atoms. The van der Waals surface area contributed by atoms with Crippen LogP contribution < -0.4 is 5.32 Å². The minimum absolute atomic E-state index is 0.0314. The van der Waals surface area contributed by atoms with Gasteiger partial charge in [-0.25, -0.2) is 0 Å². The van der Waals surface area contributed by atoms with Gasteiger partial charge in [-0.3, -0.25) is 4.79 Å². The first-order valence-electron chi connectivity index (χ1n) is 7.08. The third-order valence-electron chi connectivity index (χ3n) is 3.27. The summed E-state index contributed by atoms with van der Waals surface area (Å²) in [6, 6.07) is 7.79. The van der Waals surface area contributed by atoms with Gasteiger partial charge in [0, 0.05) is 17.9 Å². The number of aliphatic hydroxyl groups excluding tert-OH is 1. The zero-order chi connectivity index (χ0) is 15.0. The van der Waals surface area contributed by atoms with Crippen LogP contribution in [0.25, 0.3) is 0 Å². The van der Waals surface area contributed by atoms with Crippen molar-refractivity contribution in [3.63, 3.8) is 0 Å². The van der Waals surface area contributed by atoms with E-state index in [0.717, 1.165) is 17.5 Å². The Morgan fingerprint density at radius 1 is 1.40 bits per heavy atom. The normalized spacial score (nSPS) is 13.0. The molecule has 0 heterocycles. The van der Waals surface area contributed by atoms with E-state index < -0.39 is 0 Å². The second-order valence-electron chi connectivity index (χ2n) is 4.94. The van der Waals surface area contributed by atoms with Crippen LogP contribution in [0.4, 0.5) is 0 Å². The van der Waals surface area contributed by atoms with Crippen LogP contribution in [-0.4, -0.2) is 17.6 Å². The molecule has 0 aliphatic heterocycles. The standard InChI is InChI=1S/C17H23NO2/c1-4-13(2)17(20)18-14(3)16-10-7-9-15(12-16)8-5-6-11-19/h7,9-10,12-14,19H,4,6,11H2,1-3H3,(H,18,20). The van der Waals surface area contributed by atoms with Crippen molar-refractivity contribution in [2.75, 3.05) is 6.61 Å². The third-order valence-corrected chi connectivity index (χ3v) is 3.27. The Morgan fingerprint density at radius 2 is 2.15 bits per heavy atom. The first kappa shape index (κ1) is 16.3. The van der Waals surface area contributed by atoms with E-state index in [1.165, 1.54) is 0 Å². The van der Waals surface area contributed by atoms with E-state index in [0.29, 0.717) is 6.42 Å². The fourth-order valence-corrected chi connectivity index (χ4v) is 1.73. The number of hydrogen-bond donors (Lipinski definition) is 2. The van der Waals surface area contributed by atoms with Crippen molar-refractivity contribution in [1.82, 2.24) is 5.32 Å². The Kier molecular flexibility index (Phi) is 6.83. The lowest BCUT2D eigenvalue weighted by Crippen LogP contribution is -2.31. The van der Waals surface area contributed by atoms with Crippen molar-refractivity contribution < 1.29 is 9.90 Å². The lowest BCUT2D eigenvalue weighted by Gasteiger charge is -2.17. The van der Waals surface area contributed by atoms with E-state index >= 15 is 0 Å². The van der Waals surface area contributed by atoms with E-state index in [1.54, 1.807) is 0 Å². The molecule has 3 heteroatoms. The average Bonchev–Trinajstić information content (AvgIpc) is 2.46. The van der Waals surface area contributed by atoms with Gasteiger partial charge in [-0.2, -0.15) is 0 Å². The molecule has 1 amide bonds. The highest BCUT2D eigenvalue weighted by Crippen LogP contribution is 2.15. The summed E-state index contributed by atoms with van der Waals surface area (Å²) in [5.74, 6) is 6.02. The molecule has 0 aromatic heterocycles. The molecule has 0 saturated carbocycles. The number of carbonyl (C=O) groups is 1. The minimum atomic E-state index is -0.0314. The summed E-state index contributed by atoms with van der Waals surface area (Å²) in [7, 11) is 0. The monoisotopic (exact) mass is 273 g/mol. The minimum Gasteiger partial charge on any atom is -0.395 e. The van der Waals surface area contributed by atoms with E-state index in [-0.39, 0.29) is 24.5 Å². The van der Waals surface area contributed by atoms with Crippen molar-refractivity contribution in [2.45, 2.75) is 39.7 Å². The maximum absolute atomic E-state index is 11.9. The average molecular weight is 273 g/mol. The lowest BCUT2D eigenvalue weighted by atomic mass is 10.0. The first-order valence-corrected chi connectivity index (χ1v) is 7.08. The largest absolute Gasteiger partial charge is 0.395 e. The summed E-state index contributed by atoms with van der Waals surface area (Å²) >= 11 is 0. The quantitative estimate of drug-likeness (QED) is 0.810. The van der Waals surface area contributed by atoms with Gasteiger partial charge >= 0.3 is 0 Å². The Morgan fingerprint density at radius 3 is 2.80 bits per heavy atom. The highest BCUT2D eigenvalue weighted by Gasteiger charge is 2.14. The Hall–Kier alpha value is -1.79. The number of rotatable bonds is 5. The van der Waals surface area contributed by atoms with Crippen molar-refractivity contribution >= 4 is 5.91 Å². The first-order chi connectivity index (χ1) is 9.58. The molecule has 2 atom stereocenters. The van der Waals surface area contributed by atoms with Crippen molar-refractivity contribution in [1.29, 1.82) is 0 Å². The summed E-state index contributed by atoms with van der Waals surface area (Å²) in [4.78, 5) is 11.9. The number of amides is 1. The highest BCUT2D eigenvalue weighted by atomic mass is 16.2. The molecule has 108 valence electrons. The van der Waals surface area contributed by atoms with Gasteiger partial charge in [-0.05, 0) is 31.0 Å². The molecule has 2 N–H and O–H groups in total. The second kappa shape index (κ2) is 8.39. The van der Waals surface area contributed by atoms with Crippen LogP contribution in [0.15, 0.2) is 24.3 Å². The van der Waals surface area contributed by atoms with E-state index in [4.69, 9.17) is 5.11 Å². The molecule has 1 aromatic carbocycles. The number of nitrogens with one attached hydrogen (secondary N) is 1. The summed E-state index contributed by atoms with van der Waals surface area (Å²) in [5, 5.41) is 11.7. The van der Waals surface area contributed by atoms with Crippen LogP contribution in [0.2, 0.25) is 0 Å². The third kappa shape index (κ3) is 5.07. The fraction of sp³-hybridized carbons (Fsp3) is 0.471. The second-order valence-corrected chi connectivity index (χ2v) is 4.94. The summed E-state index contributed by atoms with van der Waals surface area (Å²) in [6.45, 7) is 5.99. The molecule has 1 rings (SSSR count). The van der Waals surface area contributed by atoms with Crippen molar-refractivity contribution in [3.8, 4) is 11.8 Å². The van der Waals surface area contributed by atoms with Gasteiger partial charge in [0.1, 0.15) is 0 Å². The van der Waals surface area contributed by atoms with E-state index in [9.17, 15) is 4.79 Å². The van der Waals surface area contributed by atoms with Crippen LogP contribution in [0, 0.1) is 17.8 Å². The number of aliphatic hydroxyl groups is 1. The van der Waals surface area contributed by atoms with Crippen LogP contribution >= 0.6 is 0 Å². The van der Waals surface area contributed by atoms with Gasteiger partial charge in [-0.1, -0.05) is 37.8 Å². The van der Waals surface area contributed by atoms with Gasteiger partial charge in [0.25, 0.3) is 0 Å². The molecular formula is C17H23NO2. The SMILES string of the molecule is CCC(C)C(=O)NC(C)c1cccc(C#CCCO)c1. The predicted molar refractivity (Wildman–Crippen MR) is 81.0 cm³/mol. The molecule has 0 radical (unpaired) electrons. The fourth-order valence-electron chi connectivity index (χ4n) is 1.73. The van der Waals surface area contributed by atoms with E-state index in [2.05, 4.69) is 17.2 Å². The zero-order valence-corrected chi connectivity index (χ0v) is 12.4. The maximum atomic E-state index is 11.9. The highest BCUT2D eigenvalue weighted by molar-refractivity contribution is 5.78. The molecule has 0 aliphatic carbocycles. The molecule has 0 spiro atoms. The molecule has 0 fully saturated rings. The van der Waals surface area contributed by atoms with Gasteiger partial charge in [-0.15, -0.1) is 0 Å². The van der Waals surface area contributed by atoms with Crippen LogP contribution in [0.5, 0.6) is 0 Å². The Labute approximate surface area is 121 Å². The van der Waals surface area contributed by atoms with Gasteiger partial charge < -0.3 is 10.4 Å². The Balaban J connectivity index is 2.74. The molecule has 3 nitrogen and oxygen atoms in total. The van der Waals surface area contributed by atoms with Crippen molar-refractivity contribution in [3.05, 3.63) is 35.4 Å². The zero-order valence-electron chi connectivity index (χ0n) is 12.4. The van der Waals surface area contributed by atoms with E-state index in [1.807, 2.05) is 45.0 Å². The van der Waals surface area contributed by atoms with Gasteiger partial charge in [0.15, 0.2) is 0 Å². The van der Waals surface area contributed by atoms with Crippen molar-refractivity contribution in [2.24, 2.45) is 5.92 Å². The van der Waals surface area contributed by atoms with Gasteiger partial charge in [0.2, 0.25) is 5.91 Å². The molecular weight excluding hydrogens is 250 g/mol. The molecule has 20 heavy (non-hydrogen) atoms. The summed E-state index contributed by atoms with van der Waals surface area (Å²) in [6.07, 6.45) is 1.32.